The van der Waals surface area contributed by atoms with Crippen LogP contribution in [-0.4, -0.2) is 49.1 Å². The van der Waals surface area contributed by atoms with Crippen molar-refractivity contribution in [3.05, 3.63) is 28.2 Å². The van der Waals surface area contributed by atoms with E-state index in [0.717, 1.165) is 17.6 Å². The zero-order chi connectivity index (χ0) is 14.3. The maximum Gasteiger partial charge on any atom is 0.300 e. The molecule has 106 valence electrons. The Balaban J connectivity index is 1.84. The van der Waals surface area contributed by atoms with Crippen LogP contribution in [0.3, 0.4) is 0 Å². The molecule has 20 heavy (non-hydrogen) atoms. The molecule has 0 saturated carbocycles. The Morgan fingerprint density at radius 2 is 2.20 bits per heavy atom. The van der Waals surface area contributed by atoms with Crippen molar-refractivity contribution < 1.29 is 14.3 Å². The summed E-state index contributed by atoms with van der Waals surface area (Å²) >= 11 is 3.33. The van der Waals surface area contributed by atoms with Crippen molar-refractivity contribution in [3.8, 4) is 0 Å². The van der Waals surface area contributed by atoms with Gasteiger partial charge in [-0.15, -0.1) is 0 Å². The van der Waals surface area contributed by atoms with Crippen molar-refractivity contribution in [2.45, 2.75) is 13.0 Å². The third-order valence-corrected chi connectivity index (χ3v) is 4.09. The van der Waals surface area contributed by atoms with Gasteiger partial charge >= 0.3 is 5.91 Å². The van der Waals surface area contributed by atoms with Crippen LogP contribution in [0.5, 0.6) is 0 Å². The first-order valence-corrected chi connectivity index (χ1v) is 7.35. The molecule has 2 heterocycles. The predicted molar refractivity (Wildman–Crippen MR) is 77.8 cm³/mol. The fraction of sp³-hybridized carbons (Fsp3) is 0.429. The maximum absolute atomic E-state index is 12.1. The number of carbonyl (C=O) groups excluding carboxylic acids is 2. The highest BCUT2D eigenvalue weighted by Crippen LogP contribution is 2.31. The predicted octanol–water partition coefficient (Wildman–Crippen LogP) is 1.66. The number of Topliss-reactive ketones (excluding diaryl/α,β-unsaturated/α-hetero) is 1. The van der Waals surface area contributed by atoms with Gasteiger partial charge < -0.3 is 4.74 Å². The second kappa shape index (κ2) is 5.27. The van der Waals surface area contributed by atoms with Gasteiger partial charge in [-0.05, 0) is 25.1 Å². The molecule has 0 bridgehead atoms. The number of halogens is 1. The third-order valence-electron chi connectivity index (χ3n) is 3.60. The Labute approximate surface area is 125 Å². The molecule has 0 radical (unpaired) electrons. The fourth-order valence-corrected chi connectivity index (χ4v) is 2.99. The highest BCUT2D eigenvalue weighted by molar-refractivity contribution is 9.10. The Hall–Kier alpha value is -1.24. The number of morpholine rings is 1. The van der Waals surface area contributed by atoms with Crippen LogP contribution in [0, 0.1) is 0 Å². The number of amides is 1. The second-order valence-electron chi connectivity index (χ2n) is 5.12. The Morgan fingerprint density at radius 1 is 1.40 bits per heavy atom. The molecule has 3 rings (SSSR count). The summed E-state index contributed by atoms with van der Waals surface area (Å²) in [5.74, 6) is -0.875. The lowest BCUT2D eigenvalue weighted by atomic mass is 10.1. The number of hydrogen-bond acceptors (Lipinski definition) is 4. The number of hydrogen-bond donors (Lipinski definition) is 0. The summed E-state index contributed by atoms with van der Waals surface area (Å²) in [5, 5.41) is 0. The van der Waals surface area contributed by atoms with Gasteiger partial charge in [0.05, 0.1) is 30.6 Å². The summed E-state index contributed by atoms with van der Waals surface area (Å²) in [6.07, 6.45) is 0.154. The van der Waals surface area contributed by atoms with Crippen molar-refractivity contribution in [1.29, 1.82) is 0 Å². The molecular weight excluding hydrogens is 324 g/mol. The highest BCUT2D eigenvalue weighted by atomic mass is 79.9. The summed E-state index contributed by atoms with van der Waals surface area (Å²) in [6, 6.07) is 5.36. The van der Waals surface area contributed by atoms with Crippen molar-refractivity contribution >= 4 is 33.3 Å². The first kappa shape index (κ1) is 13.7. The summed E-state index contributed by atoms with van der Waals surface area (Å²) in [7, 11) is 0. The molecule has 6 heteroatoms. The van der Waals surface area contributed by atoms with Crippen molar-refractivity contribution in [3.63, 3.8) is 0 Å². The largest absolute Gasteiger partial charge is 0.376 e. The Kier molecular flexibility index (Phi) is 3.62. The number of ketones is 1. The number of rotatable bonds is 2. The molecule has 0 unspecified atom stereocenters. The lowest BCUT2D eigenvalue weighted by molar-refractivity contribution is -0.115. The highest BCUT2D eigenvalue weighted by Gasteiger charge is 2.37. The first-order chi connectivity index (χ1) is 9.56. The van der Waals surface area contributed by atoms with E-state index in [4.69, 9.17) is 4.74 Å². The molecule has 1 aromatic rings. The average molecular weight is 339 g/mol. The minimum Gasteiger partial charge on any atom is -0.376 e. The maximum atomic E-state index is 12.1. The van der Waals surface area contributed by atoms with Crippen LogP contribution in [0.1, 0.15) is 17.3 Å². The Morgan fingerprint density at radius 3 is 2.95 bits per heavy atom. The van der Waals surface area contributed by atoms with Crippen LogP contribution < -0.4 is 4.90 Å². The second-order valence-corrected chi connectivity index (χ2v) is 6.04. The lowest BCUT2D eigenvalue weighted by Gasteiger charge is -2.33. The zero-order valence-electron chi connectivity index (χ0n) is 11.1. The van der Waals surface area contributed by atoms with E-state index < -0.39 is 11.7 Å². The van der Waals surface area contributed by atoms with Gasteiger partial charge in [-0.25, -0.2) is 0 Å². The van der Waals surface area contributed by atoms with E-state index in [1.54, 1.807) is 11.0 Å². The van der Waals surface area contributed by atoms with E-state index in [1.165, 1.54) is 0 Å². The number of anilines is 1. The molecule has 1 amide bonds. The lowest BCUT2D eigenvalue weighted by Crippen LogP contribution is -2.48. The summed E-state index contributed by atoms with van der Waals surface area (Å²) < 4.78 is 6.29. The molecule has 0 aromatic heterocycles. The van der Waals surface area contributed by atoms with Crippen molar-refractivity contribution in [1.82, 2.24) is 4.90 Å². The van der Waals surface area contributed by atoms with Gasteiger partial charge in [0.25, 0.3) is 5.78 Å². The number of fused-ring (bicyclic) bond motifs is 1. The molecule has 2 aliphatic heterocycles. The van der Waals surface area contributed by atoms with E-state index >= 15 is 0 Å². The molecule has 1 aromatic carbocycles. The van der Waals surface area contributed by atoms with E-state index in [1.807, 2.05) is 19.1 Å². The standard InChI is InChI=1S/C14H15BrN2O3/c1-9-7-16(4-5-20-9)8-17-12-3-2-10(15)6-11(12)13(18)14(17)19/h2-3,6,9H,4-5,7-8H2,1H3/t9-/m1/s1. The van der Waals surface area contributed by atoms with E-state index in [2.05, 4.69) is 20.8 Å². The summed E-state index contributed by atoms with van der Waals surface area (Å²) in [4.78, 5) is 27.8. The van der Waals surface area contributed by atoms with Gasteiger partial charge in [-0.3, -0.25) is 19.4 Å². The van der Waals surface area contributed by atoms with E-state index in [0.29, 0.717) is 24.5 Å². The number of carbonyl (C=O) groups is 2. The summed E-state index contributed by atoms with van der Waals surface area (Å²) in [6.45, 7) is 4.64. The van der Waals surface area contributed by atoms with Gasteiger partial charge in [-0.1, -0.05) is 15.9 Å². The van der Waals surface area contributed by atoms with Crippen LogP contribution in [0.15, 0.2) is 22.7 Å². The van der Waals surface area contributed by atoms with Crippen molar-refractivity contribution in [2.24, 2.45) is 0 Å². The monoisotopic (exact) mass is 338 g/mol. The molecule has 0 spiro atoms. The van der Waals surface area contributed by atoms with Crippen molar-refractivity contribution in [2.75, 3.05) is 31.3 Å². The molecule has 5 nitrogen and oxygen atoms in total. The minimum atomic E-state index is -0.447. The van der Waals surface area contributed by atoms with Crippen LogP contribution in [0.4, 0.5) is 5.69 Å². The summed E-state index contributed by atoms with van der Waals surface area (Å²) in [5.41, 5.74) is 1.17. The van der Waals surface area contributed by atoms with Crippen LogP contribution >= 0.6 is 15.9 Å². The average Bonchev–Trinajstić information content (AvgIpc) is 2.64. The molecule has 1 atom stereocenters. The fourth-order valence-electron chi connectivity index (χ4n) is 2.63. The zero-order valence-corrected chi connectivity index (χ0v) is 12.7. The molecular formula is C14H15BrN2O3. The molecule has 1 fully saturated rings. The first-order valence-electron chi connectivity index (χ1n) is 6.56. The topological polar surface area (TPSA) is 49.9 Å². The quantitative estimate of drug-likeness (QED) is 0.769. The van der Waals surface area contributed by atoms with Crippen LogP contribution in [0.2, 0.25) is 0 Å². The van der Waals surface area contributed by atoms with Gasteiger partial charge in [0.15, 0.2) is 0 Å². The van der Waals surface area contributed by atoms with E-state index in [-0.39, 0.29) is 6.10 Å². The number of ether oxygens (including phenoxy) is 1. The molecule has 2 aliphatic rings. The van der Waals surface area contributed by atoms with Gasteiger partial charge in [0, 0.05) is 17.6 Å². The number of nitrogens with zero attached hydrogens (tertiary/aromatic N) is 2. The number of benzene rings is 1. The normalized spacial score (nSPS) is 23.3. The van der Waals surface area contributed by atoms with Gasteiger partial charge in [0.2, 0.25) is 0 Å². The van der Waals surface area contributed by atoms with Gasteiger partial charge in [-0.2, -0.15) is 0 Å². The SMILES string of the molecule is C[C@@H]1CN(CN2C(=O)C(=O)c3cc(Br)ccc32)CCO1. The van der Waals surface area contributed by atoms with Crippen LogP contribution in [-0.2, 0) is 9.53 Å². The van der Waals surface area contributed by atoms with Gasteiger partial charge in [0.1, 0.15) is 0 Å². The minimum absolute atomic E-state index is 0.154. The van der Waals surface area contributed by atoms with E-state index in [9.17, 15) is 9.59 Å². The van der Waals surface area contributed by atoms with Crippen LogP contribution in [0.25, 0.3) is 0 Å². The smallest absolute Gasteiger partial charge is 0.300 e. The molecule has 0 aliphatic carbocycles. The third kappa shape index (κ3) is 2.39. The molecule has 0 N–H and O–H groups in total. The molecule has 1 saturated heterocycles. The Bertz CT molecular complexity index is 576.